The summed E-state index contributed by atoms with van der Waals surface area (Å²) in [7, 11) is 0. The Bertz CT molecular complexity index is 674. The monoisotopic (exact) mass is 339 g/mol. The smallest absolute Gasteiger partial charge is 0.423 e. The summed E-state index contributed by atoms with van der Waals surface area (Å²) in [6, 6.07) is 7.62. The van der Waals surface area contributed by atoms with Crippen LogP contribution in [0, 0.1) is 0 Å². The molecule has 0 fully saturated rings. The molecule has 0 aliphatic rings. The van der Waals surface area contributed by atoms with Crippen LogP contribution in [0.1, 0.15) is 37.8 Å². The van der Waals surface area contributed by atoms with Gasteiger partial charge in [-0.15, -0.1) is 0 Å². The fourth-order valence-electron chi connectivity index (χ4n) is 2.15. The van der Waals surface area contributed by atoms with E-state index >= 15 is 0 Å². The van der Waals surface area contributed by atoms with Crippen molar-refractivity contribution < 1.29 is 17.9 Å². The summed E-state index contributed by atoms with van der Waals surface area (Å²) in [6.07, 6.45) is -1.29. The SMILES string of the molecule is CCCOc1nc(Nc2cccc(CCC)c2)ncc1C(F)(F)F. The second kappa shape index (κ2) is 7.99. The molecule has 1 aromatic heterocycles. The molecule has 1 N–H and O–H groups in total. The van der Waals surface area contributed by atoms with Gasteiger partial charge in [-0.3, -0.25) is 0 Å². The molecule has 0 spiro atoms. The van der Waals surface area contributed by atoms with Crippen LogP contribution in [-0.4, -0.2) is 16.6 Å². The maximum absolute atomic E-state index is 13.0. The number of aryl methyl sites for hydroxylation is 1. The Morgan fingerprint density at radius 1 is 1.17 bits per heavy atom. The molecular weight excluding hydrogens is 319 g/mol. The largest absolute Gasteiger partial charge is 0.477 e. The molecule has 1 aromatic carbocycles. The van der Waals surface area contributed by atoms with Crippen molar-refractivity contribution >= 4 is 11.6 Å². The lowest BCUT2D eigenvalue weighted by molar-refractivity contribution is -0.139. The molecule has 130 valence electrons. The zero-order valence-electron chi connectivity index (χ0n) is 13.7. The van der Waals surface area contributed by atoms with E-state index in [-0.39, 0.29) is 12.6 Å². The predicted octanol–water partition coefficient (Wildman–Crippen LogP) is 4.98. The number of halogens is 3. The topological polar surface area (TPSA) is 47.0 Å². The molecule has 0 atom stereocenters. The number of rotatable bonds is 7. The van der Waals surface area contributed by atoms with Crippen molar-refractivity contribution in [3.8, 4) is 5.88 Å². The van der Waals surface area contributed by atoms with Crippen molar-refractivity contribution in [3.63, 3.8) is 0 Å². The van der Waals surface area contributed by atoms with E-state index in [9.17, 15) is 13.2 Å². The minimum absolute atomic E-state index is 0.0720. The van der Waals surface area contributed by atoms with Gasteiger partial charge in [0.15, 0.2) is 0 Å². The van der Waals surface area contributed by atoms with Crippen molar-refractivity contribution in [1.29, 1.82) is 0 Å². The molecule has 2 rings (SSSR count). The summed E-state index contributed by atoms with van der Waals surface area (Å²) < 4.78 is 44.1. The Hall–Kier alpha value is -2.31. The molecule has 0 saturated heterocycles. The molecule has 0 saturated carbocycles. The molecule has 7 heteroatoms. The van der Waals surface area contributed by atoms with Crippen LogP contribution in [0.5, 0.6) is 5.88 Å². The van der Waals surface area contributed by atoms with Gasteiger partial charge in [-0.2, -0.15) is 18.2 Å². The standard InChI is InChI=1S/C17H20F3N3O/c1-3-6-12-7-5-8-13(10-12)22-16-21-11-14(17(18,19)20)15(23-16)24-9-4-2/h5,7-8,10-11H,3-4,6,9H2,1-2H3,(H,21,22,23). The molecule has 0 amide bonds. The average Bonchev–Trinajstić information content (AvgIpc) is 2.52. The number of hydrogen-bond acceptors (Lipinski definition) is 4. The average molecular weight is 339 g/mol. The maximum atomic E-state index is 13.0. The van der Waals surface area contributed by atoms with E-state index in [0.29, 0.717) is 6.42 Å². The highest BCUT2D eigenvalue weighted by atomic mass is 19.4. The number of anilines is 2. The molecule has 0 aliphatic heterocycles. The predicted molar refractivity (Wildman–Crippen MR) is 86.5 cm³/mol. The second-order valence-electron chi connectivity index (χ2n) is 5.33. The minimum atomic E-state index is -4.55. The first-order chi connectivity index (χ1) is 11.4. The van der Waals surface area contributed by atoms with Gasteiger partial charge in [-0.05, 0) is 30.5 Å². The van der Waals surface area contributed by atoms with Gasteiger partial charge in [0, 0.05) is 11.9 Å². The van der Waals surface area contributed by atoms with Gasteiger partial charge >= 0.3 is 6.18 Å². The summed E-state index contributed by atoms with van der Waals surface area (Å²) >= 11 is 0. The van der Waals surface area contributed by atoms with E-state index in [1.54, 1.807) is 0 Å². The molecule has 0 radical (unpaired) electrons. The summed E-state index contributed by atoms with van der Waals surface area (Å²) in [5.74, 6) is -0.380. The van der Waals surface area contributed by atoms with Crippen molar-refractivity contribution in [2.75, 3.05) is 11.9 Å². The van der Waals surface area contributed by atoms with E-state index in [2.05, 4.69) is 22.2 Å². The summed E-state index contributed by atoms with van der Waals surface area (Å²) in [5.41, 5.74) is 0.889. The van der Waals surface area contributed by atoms with Crippen LogP contribution < -0.4 is 10.1 Å². The van der Waals surface area contributed by atoms with E-state index in [1.807, 2.05) is 31.2 Å². The van der Waals surface area contributed by atoms with E-state index in [4.69, 9.17) is 4.74 Å². The van der Waals surface area contributed by atoms with Gasteiger partial charge in [-0.1, -0.05) is 32.4 Å². The van der Waals surface area contributed by atoms with Crippen molar-refractivity contribution in [1.82, 2.24) is 9.97 Å². The van der Waals surface area contributed by atoms with Gasteiger partial charge in [0.2, 0.25) is 11.8 Å². The Kier molecular flexibility index (Phi) is 6.00. The molecule has 2 aromatic rings. The zero-order valence-corrected chi connectivity index (χ0v) is 13.7. The third-order valence-electron chi connectivity index (χ3n) is 3.22. The van der Waals surface area contributed by atoms with Crippen LogP contribution in [0.3, 0.4) is 0 Å². The quantitative estimate of drug-likeness (QED) is 0.773. The Morgan fingerprint density at radius 3 is 2.62 bits per heavy atom. The van der Waals surface area contributed by atoms with Crippen LogP contribution in [0.2, 0.25) is 0 Å². The van der Waals surface area contributed by atoms with Crippen LogP contribution in [-0.2, 0) is 12.6 Å². The van der Waals surface area contributed by atoms with Crippen molar-refractivity contribution in [2.24, 2.45) is 0 Å². The van der Waals surface area contributed by atoms with Gasteiger partial charge in [0.05, 0.1) is 6.61 Å². The van der Waals surface area contributed by atoms with Gasteiger partial charge in [-0.25, -0.2) is 4.98 Å². The number of aromatic nitrogens is 2. The zero-order chi connectivity index (χ0) is 17.6. The normalized spacial score (nSPS) is 11.4. The molecule has 4 nitrogen and oxygen atoms in total. The van der Waals surface area contributed by atoms with Crippen molar-refractivity contribution in [2.45, 2.75) is 39.3 Å². The second-order valence-corrected chi connectivity index (χ2v) is 5.33. The first-order valence-electron chi connectivity index (χ1n) is 7.87. The van der Waals surface area contributed by atoms with Crippen LogP contribution in [0.15, 0.2) is 30.5 Å². The lowest BCUT2D eigenvalue weighted by atomic mass is 10.1. The number of nitrogens with one attached hydrogen (secondary N) is 1. The maximum Gasteiger partial charge on any atom is 0.423 e. The third kappa shape index (κ3) is 4.84. The molecule has 0 bridgehead atoms. The fourth-order valence-corrected chi connectivity index (χ4v) is 2.15. The first-order valence-corrected chi connectivity index (χ1v) is 7.87. The van der Waals surface area contributed by atoms with Crippen molar-refractivity contribution in [3.05, 3.63) is 41.6 Å². The molecule has 24 heavy (non-hydrogen) atoms. The minimum Gasteiger partial charge on any atom is -0.477 e. The number of nitrogens with zero attached hydrogens (tertiary/aromatic N) is 2. The Labute approximate surface area is 139 Å². The number of benzene rings is 1. The summed E-state index contributed by atoms with van der Waals surface area (Å²) in [5, 5.41) is 2.93. The Balaban J connectivity index is 2.26. The fraction of sp³-hybridized carbons (Fsp3) is 0.412. The van der Waals surface area contributed by atoms with E-state index < -0.39 is 17.6 Å². The van der Waals surface area contributed by atoms with E-state index in [0.717, 1.165) is 30.3 Å². The lowest BCUT2D eigenvalue weighted by Crippen LogP contribution is -2.12. The van der Waals surface area contributed by atoms with E-state index in [1.165, 1.54) is 0 Å². The van der Waals surface area contributed by atoms with Crippen LogP contribution in [0.25, 0.3) is 0 Å². The van der Waals surface area contributed by atoms with Crippen LogP contribution in [0.4, 0.5) is 24.8 Å². The molecular formula is C17H20F3N3O. The Morgan fingerprint density at radius 2 is 1.96 bits per heavy atom. The van der Waals surface area contributed by atoms with Gasteiger partial charge in [0.1, 0.15) is 5.56 Å². The lowest BCUT2D eigenvalue weighted by Gasteiger charge is -2.14. The van der Waals surface area contributed by atoms with Gasteiger partial charge < -0.3 is 10.1 Å². The molecule has 0 unspecified atom stereocenters. The van der Waals surface area contributed by atoms with Gasteiger partial charge in [0.25, 0.3) is 0 Å². The molecule has 0 aliphatic carbocycles. The van der Waals surface area contributed by atoms with Crippen LogP contribution >= 0.6 is 0 Å². The first kappa shape index (κ1) is 18.0. The number of alkyl halides is 3. The third-order valence-corrected chi connectivity index (χ3v) is 3.22. The summed E-state index contributed by atoms with van der Waals surface area (Å²) in [6.45, 7) is 4.05. The number of ether oxygens (including phenoxy) is 1. The summed E-state index contributed by atoms with van der Waals surface area (Å²) in [4.78, 5) is 7.65. The highest BCUT2D eigenvalue weighted by molar-refractivity contribution is 5.55. The number of hydrogen-bond donors (Lipinski definition) is 1. The highest BCUT2D eigenvalue weighted by Crippen LogP contribution is 2.35. The molecule has 1 heterocycles. The highest BCUT2D eigenvalue weighted by Gasteiger charge is 2.36.